The standard InChI is InChI=1S/C9H19NO3S2/c1-8(2)15(12,13)4-3-14(11)7-9-5-10-6-9/h8-10H,3-7H2,1-2H3. The minimum absolute atomic E-state index is 0.0530. The average Bonchev–Trinajstić information content (AvgIpc) is 2.08. The normalized spacial score (nSPS) is 20.2. The number of hydrogen-bond acceptors (Lipinski definition) is 4. The van der Waals surface area contributed by atoms with Crippen LogP contribution in [0.4, 0.5) is 0 Å². The van der Waals surface area contributed by atoms with Crippen LogP contribution < -0.4 is 5.32 Å². The fourth-order valence-corrected chi connectivity index (χ4v) is 4.33. The van der Waals surface area contributed by atoms with Crippen LogP contribution in [0.1, 0.15) is 13.8 Å². The molecule has 0 aliphatic carbocycles. The fraction of sp³-hybridized carbons (Fsp3) is 1.00. The third kappa shape index (κ3) is 4.20. The van der Waals surface area contributed by atoms with Gasteiger partial charge in [-0.3, -0.25) is 4.21 Å². The van der Waals surface area contributed by atoms with E-state index in [1.54, 1.807) is 13.8 Å². The third-order valence-electron chi connectivity index (χ3n) is 2.60. The molecule has 0 aromatic carbocycles. The molecule has 0 spiro atoms. The van der Waals surface area contributed by atoms with Crippen molar-refractivity contribution in [3.63, 3.8) is 0 Å². The smallest absolute Gasteiger partial charge is 0.153 e. The molecule has 0 bridgehead atoms. The fourth-order valence-electron chi connectivity index (χ4n) is 1.26. The summed E-state index contributed by atoms with van der Waals surface area (Å²) in [7, 11) is -4.01. The Balaban J connectivity index is 2.27. The molecule has 1 heterocycles. The third-order valence-corrected chi connectivity index (χ3v) is 6.57. The lowest BCUT2D eigenvalue weighted by atomic mass is 10.1. The van der Waals surface area contributed by atoms with Crippen molar-refractivity contribution >= 4 is 20.6 Å². The highest BCUT2D eigenvalue weighted by atomic mass is 32.2. The summed E-state index contributed by atoms with van der Waals surface area (Å²) < 4.78 is 34.4. The van der Waals surface area contributed by atoms with Crippen molar-refractivity contribution in [2.75, 3.05) is 30.3 Å². The van der Waals surface area contributed by atoms with Crippen LogP contribution in [-0.4, -0.2) is 48.2 Å². The van der Waals surface area contributed by atoms with Crippen LogP contribution in [-0.2, 0) is 20.6 Å². The minimum atomic E-state index is -3.03. The maximum atomic E-state index is 11.5. The van der Waals surface area contributed by atoms with E-state index in [0.717, 1.165) is 13.1 Å². The lowest BCUT2D eigenvalue weighted by Gasteiger charge is -2.26. The maximum absolute atomic E-state index is 11.5. The Bertz CT molecular complexity index is 320. The molecule has 0 aromatic heterocycles. The summed E-state index contributed by atoms with van der Waals surface area (Å²) in [5, 5.41) is 2.74. The Kier molecular flexibility index (Phi) is 4.73. The summed E-state index contributed by atoms with van der Waals surface area (Å²) in [6, 6.07) is 0. The first-order chi connectivity index (χ1) is 6.92. The molecule has 1 saturated heterocycles. The van der Waals surface area contributed by atoms with Gasteiger partial charge in [-0.25, -0.2) is 8.42 Å². The van der Waals surface area contributed by atoms with E-state index in [9.17, 15) is 12.6 Å². The van der Waals surface area contributed by atoms with Gasteiger partial charge in [-0.15, -0.1) is 0 Å². The number of hydrogen-bond donors (Lipinski definition) is 1. The van der Waals surface area contributed by atoms with E-state index in [1.165, 1.54) is 0 Å². The minimum Gasteiger partial charge on any atom is -0.316 e. The number of rotatable bonds is 6. The van der Waals surface area contributed by atoms with Crippen LogP contribution in [0.25, 0.3) is 0 Å². The van der Waals surface area contributed by atoms with Gasteiger partial charge in [0.15, 0.2) is 9.84 Å². The van der Waals surface area contributed by atoms with E-state index in [1.807, 2.05) is 0 Å². The van der Waals surface area contributed by atoms with Crippen LogP contribution in [0.2, 0.25) is 0 Å². The molecule has 0 aromatic rings. The Morgan fingerprint density at radius 1 is 1.40 bits per heavy atom. The monoisotopic (exact) mass is 253 g/mol. The molecule has 1 aliphatic heterocycles. The molecule has 1 fully saturated rings. The lowest BCUT2D eigenvalue weighted by Crippen LogP contribution is -2.45. The van der Waals surface area contributed by atoms with Gasteiger partial charge in [-0.05, 0) is 19.8 Å². The van der Waals surface area contributed by atoms with Crippen molar-refractivity contribution in [3.8, 4) is 0 Å². The average molecular weight is 253 g/mol. The summed E-state index contributed by atoms with van der Waals surface area (Å²) in [6.07, 6.45) is 0. The van der Waals surface area contributed by atoms with Crippen LogP contribution in [0, 0.1) is 5.92 Å². The highest BCUT2D eigenvalue weighted by molar-refractivity contribution is 7.93. The molecule has 0 radical (unpaired) electrons. The molecule has 6 heteroatoms. The second-order valence-electron chi connectivity index (χ2n) is 4.25. The largest absolute Gasteiger partial charge is 0.316 e. The van der Waals surface area contributed by atoms with Gasteiger partial charge in [-0.1, -0.05) is 0 Å². The zero-order valence-electron chi connectivity index (χ0n) is 9.23. The molecule has 1 atom stereocenters. The molecule has 0 amide bonds. The van der Waals surface area contributed by atoms with Crippen LogP contribution >= 0.6 is 0 Å². The van der Waals surface area contributed by atoms with Crippen molar-refractivity contribution in [1.29, 1.82) is 0 Å². The quantitative estimate of drug-likeness (QED) is 0.711. The summed E-state index contributed by atoms with van der Waals surface area (Å²) in [5.41, 5.74) is 0. The highest BCUT2D eigenvalue weighted by Gasteiger charge is 2.21. The molecule has 1 aliphatic rings. The number of sulfone groups is 1. The molecule has 0 saturated carbocycles. The van der Waals surface area contributed by atoms with E-state index < -0.39 is 20.6 Å². The molecule has 1 rings (SSSR count). The molecular formula is C9H19NO3S2. The van der Waals surface area contributed by atoms with Crippen molar-refractivity contribution in [2.24, 2.45) is 5.92 Å². The first kappa shape index (κ1) is 13.1. The van der Waals surface area contributed by atoms with Crippen LogP contribution in [0.3, 0.4) is 0 Å². The van der Waals surface area contributed by atoms with Gasteiger partial charge in [0, 0.05) is 35.4 Å². The van der Waals surface area contributed by atoms with Crippen LogP contribution in [0.5, 0.6) is 0 Å². The first-order valence-corrected chi connectivity index (χ1v) is 8.39. The van der Waals surface area contributed by atoms with Gasteiger partial charge in [0.05, 0.1) is 11.0 Å². The maximum Gasteiger partial charge on any atom is 0.153 e. The van der Waals surface area contributed by atoms with Gasteiger partial charge in [0.1, 0.15) is 0 Å². The lowest BCUT2D eigenvalue weighted by molar-refractivity contribution is 0.382. The second kappa shape index (κ2) is 5.41. The summed E-state index contributed by atoms with van der Waals surface area (Å²) in [5.74, 6) is 1.46. The van der Waals surface area contributed by atoms with E-state index in [0.29, 0.717) is 11.7 Å². The van der Waals surface area contributed by atoms with Gasteiger partial charge in [0.2, 0.25) is 0 Å². The summed E-state index contributed by atoms with van der Waals surface area (Å²) in [4.78, 5) is 0. The summed E-state index contributed by atoms with van der Waals surface area (Å²) >= 11 is 0. The molecule has 1 N–H and O–H groups in total. The Labute approximate surface area is 94.2 Å². The molecule has 1 unspecified atom stereocenters. The van der Waals surface area contributed by atoms with Gasteiger partial charge < -0.3 is 5.32 Å². The van der Waals surface area contributed by atoms with E-state index in [2.05, 4.69) is 5.32 Å². The Morgan fingerprint density at radius 2 is 2.00 bits per heavy atom. The van der Waals surface area contributed by atoms with Gasteiger partial charge >= 0.3 is 0 Å². The zero-order chi connectivity index (χ0) is 11.5. The van der Waals surface area contributed by atoms with E-state index >= 15 is 0 Å². The van der Waals surface area contributed by atoms with Crippen molar-refractivity contribution in [1.82, 2.24) is 5.32 Å². The van der Waals surface area contributed by atoms with Gasteiger partial charge in [-0.2, -0.15) is 0 Å². The molecule has 15 heavy (non-hydrogen) atoms. The predicted octanol–water partition coefficient (Wildman–Crippen LogP) is -0.222. The SMILES string of the molecule is CC(C)S(=O)(=O)CCS(=O)CC1CNC1. The Hall–Kier alpha value is 0.0600. The van der Waals surface area contributed by atoms with Crippen LogP contribution in [0.15, 0.2) is 0 Å². The Morgan fingerprint density at radius 3 is 2.40 bits per heavy atom. The van der Waals surface area contributed by atoms with E-state index in [4.69, 9.17) is 0 Å². The highest BCUT2D eigenvalue weighted by Crippen LogP contribution is 2.06. The summed E-state index contributed by atoms with van der Waals surface area (Å²) in [6.45, 7) is 5.16. The van der Waals surface area contributed by atoms with Crippen molar-refractivity contribution < 1.29 is 12.6 Å². The first-order valence-electron chi connectivity index (χ1n) is 5.19. The van der Waals surface area contributed by atoms with Gasteiger partial charge in [0.25, 0.3) is 0 Å². The van der Waals surface area contributed by atoms with Crippen molar-refractivity contribution in [2.45, 2.75) is 19.1 Å². The second-order valence-corrected chi connectivity index (χ2v) is 8.55. The molecule has 4 nitrogen and oxygen atoms in total. The van der Waals surface area contributed by atoms with E-state index in [-0.39, 0.29) is 16.8 Å². The van der Waals surface area contributed by atoms with Crippen molar-refractivity contribution in [3.05, 3.63) is 0 Å². The zero-order valence-corrected chi connectivity index (χ0v) is 10.9. The topological polar surface area (TPSA) is 63.2 Å². The number of nitrogens with one attached hydrogen (secondary N) is 1. The molecular weight excluding hydrogens is 234 g/mol. The molecule has 90 valence electrons. The predicted molar refractivity (Wildman–Crippen MR) is 63.2 cm³/mol.